The zero-order valence-electron chi connectivity index (χ0n) is 9.87. The van der Waals surface area contributed by atoms with Gasteiger partial charge in [-0.25, -0.2) is 0 Å². The molecule has 0 aliphatic heterocycles. The third kappa shape index (κ3) is 3.08. The van der Waals surface area contributed by atoms with E-state index in [-0.39, 0.29) is 11.8 Å². The van der Waals surface area contributed by atoms with Gasteiger partial charge < -0.3 is 5.32 Å². The largest absolute Gasteiger partial charge is 0.326 e. The third-order valence-corrected chi connectivity index (χ3v) is 2.37. The molecule has 0 fully saturated rings. The maximum Gasteiger partial charge on any atom is 0.226 e. The van der Waals surface area contributed by atoms with Gasteiger partial charge in [-0.1, -0.05) is 45.9 Å². The molecule has 1 aromatic carbocycles. The van der Waals surface area contributed by atoms with Crippen molar-refractivity contribution in [2.24, 2.45) is 5.92 Å². The summed E-state index contributed by atoms with van der Waals surface area (Å²) in [6, 6.07) is 7.96. The maximum atomic E-state index is 11.6. The number of hydrogen-bond acceptors (Lipinski definition) is 1. The number of carbonyl (C=O) groups excluding carboxylic acids is 1. The average Bonchev–Trinajstić information content (AvgIpc) is 2.18. The highest BCUT2D eigenvalue weighted by Crippen LogP contribution is 2.23. The summed E-state index contributed by atoms with van der Waals surface area (Å²) in [5, 5.41) is 2.95. The number of benzene rings is 1. The first-order valence-corrected chi connectivity index (χ1v) is 5.42. The Kier molecular flexibility index (Phi) is 3.89. The van der Waals surface area contributed by atoms with Crippen molar-refractivity contribution in [3.8, 4) is 0 Å². The molecule has 0 saturated heterocycles. The highest BCUT2D eigenvalue weighted by molar-refractivity contribution is 5.92. The number of hydrogen-bond donors (Lipinski definition) is 1. The molecule has 15 heavy (non-hydrogen) atoms. The van der Waals surface area contributed by atoms with Crippen LogP contribution in [-0.4, -0.2) is 5.91 Å². The van der Waals surface area contributed by atoms with Crippen LogP contribution in [0.3, 0.4) is 0 Å². The Morgan fingerprint density at radius 2 is 1.73 bits per heavy atom. The summed E-state index contributed by atoms with van der Waals surface area (Å²) in [7, 11) is 0. The minimum absolute atomic E-state index is 0.0187. The minimum atomic E-state index is 0.0187. The van der Waals surface area contributed by atoms with Crippen molar-refractivity contribution in [1.29, 1.82) is 0 Å². The van der Waals surface area contributed by atoms with Gasteiger partial charge in [0.25, 0.3) is 0 Å². The summed E-state index contributed by atoms with van der Waals surface area (Å²) in [4.78, 5) is 11.6. The molecule has 0 unspecified atom stereocenters. The lowest BCUT2D eigenvalue weighted by atomic mass is 10.0. The molecule has 1 aromatic rings. The van der Waals surface area contributed by atoms with E-state index in [1.54, 1.807) is 0 Å². The average molecular weight is 205 g/mol. The highest BCUT2D eigenvalue weighted by Gasteiger charge is 2.11. The van der Waals surface area contributed by atoms with E-state index in [9.17, 15) is 4.79 Å². The fourth-order valence-corrected chi connectivity index (χ4v) is 1.39. The van der Waals surface area contributed by atoms with Crippen LogP contribution >= 0.6 is 0 Å². The summed E-state index contributed by atoms with van der Waals surface area (Å²) < 4.78 is 0. The second kappa shape index (κ2) is 4.96. The molecule has 82 valence electrons. The molecular weight excluding hydrogens is 186 g/mol. The smallest absolute Gasteiger partial charge is 0.226 e. The minimum Gasteiger partial charge on any atom is -0.326 e. The van der Waals surface area contributed by atoms with E-state index in [4.69, 9.17) is 0 Å². The fraction of sp³-hybridized carbons (Fsp3) is 0.462. The Morgan fingerprint density at radius 3 is 2.27 bits per heavy atom. The first kappa shape index (κ1) is 11.8. The van der Waals surface area contributed by atoms with Gasteiger partial charge >= 0.3 is 0 Å². The SMILES string of the molecule is CC(C)C(=O)Nc1ccccc1C(C)C. The van der Waals surface area contributed by atoms with Crippen LogP contribution in [0.25, 0.3) is 0 Å². The Hall–Kier alpha value is -1.31. The van der Waals surface area contributed by atoms with Gasteiger partial charge in [0.1, 0.15) is 0 Å². The second-order valence-electron chi connectivity index (χ2n) is 4.39. The van der Waals surface area contributed by atoms with Gasteiger partial charge in [0.05, 0.1) is 0 Å². The predicted molar refractivity (Wildman–Crippen MR) is 64.0 cm³/mol. The molecule has 1 amide bonds. The van der Waals surface area contributed by atoms with Gasteiger partial charge in [-0.15, -0.1) is 0 Å². The van der Waals surface area contributed by atoms with Crippen LogP contribution < -0.4 is 5.32 Å². The van der Waals surface area contributed by atoms with Crippen molar-refractivity contribution in [1.82, 2.24) is 0 Å². The topological polar surface area (TPSA) is 29.1 Å². The van der Waals surface area contributed by atoms with E-state index in [2.05, 4.69) is 25.2 Å². The normalized spacial score (nSPS) is 10.8. The Morgan fingerprint density at radius 1 is 1.13 bits per heavy atom. The van der Waals surface area contributed by atoms with Crippen LogP contribution in [0.5, 0.6) is 0 Å². The molecule has 1 N–H and O–H groups in total. The molecule has 0 aromatic heterocycles. The van der Waals surface area contributed by atoms with E-state index in [1.807, 2.05) is 32.0 Å². The first-order chi connectivity index (χ1) is 7.02. The van der Waals surface area contributed by atoms with Crippen LogP contribution in [0.1, 0.15) is 39.2 Å². The standard InChI is InChI=1S/C13H19NO/c1-9(2)11-7-5-6-8-12(11)14-13(15)10(3)4/h5-10H,1-4H3,(H,14,15). The molecule has 0 saturated carbocycles. The van der Waals surface area contributed by atoms with Crippen molar-refractivity contribution < 1.29 is 4.79 Å². The van der Waals surface area contributed by atoms with Crippen LogP contribution in [0, 0.1) is 5.92 Å². The van der Waals surface area contributed by atoms with Crippen molar-refractivity contribution >= 4 is 11.6 Å². The number of anilines is 1. The third-order valence-electron chi connectivity index (χ3n) is 2.37. The van der Waals surface area contributed by atoms with Crippen molar-refractivity contribution in [3.63, 3.8) is 0 Å². The summed E-state index contributed by atoms with van der Waals surface area (Å²) in [6.07, 6.45) is 0. The van der Waals surface area contributed by atoms with Gasteiger partial charge in [0, 0.05) is 11.6 Å². The molecule has 0 atom stereocenters. The fourth-order valence-electron chi connectivity index (χ4n) is 1.39. The maximum absolute atomic E-state index is 11.6. The molecule has 1 rings (SSSR count). The van der Waals surface area contributed by atoms with Crippen LogP contribution in [0.15, 0.2) is 24.3 Å². The number of amides is 1. The molecule has 0 aliphatic carbocycles. The van der Waals surface area contributed by atoms with Gasteiger partial charge in [0.2, 0.25) is 5.91 Å². The van der Waals surface area contributed by atoms with Gasteiger partial charge in [-0.2, -0.15) is 0 Å². The molecule has 0 heterocycles. The quantitative estimate of drug-likeness (QED) is 0.805. The molecule has 0 aliphatic rings. The van der Waals surface area contributed by atoms with Crippen LogP contribution in [-0.2, 0) is 4.79 Å². The van der Waals surface area contributed by atoms with Gasteiger partial charge in [-0.05, 0) is 17.5 Å². The monoisotopic (exact) mass is 205 g/mol. The highest BCUT2D eigenvalue weighted by atomic mass is 16.1. The molecule has 0 spiro atoms. The Labute approximate surface area is 91.7 Å². The Balaban J connectivity index is 2.89. The number of carbonyl (C=O) groups is 1. The lowest BCUT2D eigenvalue weighted by molar-refractivity contribution is -0.118. The van der Waals surface area contributed by atoms with Gasteiger partial charge in [-0.3, -0.25) is 4.79 Å². The zero-order chi connectivity index (χ0) is 11.4. The second-order valence-corrected chi connectivity index (χ2v) is 4.39. The van der Waals surface area contributed by atoms with E-state index in [0.29, 0.717) is 5.92 Å². The Bertz CT molecular complexity index is 342. The van der Waals surface area contributed by atoms with Crippen LogP contribution in [0.4, 0.5) is 5.69 Å². The number of para-hydroxylation sites is 1. The lowest BCUT2D eigenvalue weighted by Crippen LogP contribution is -2.18. The van der Waals surface area contributed by atoms with Crippen LogP contribution in [0.2, 0.25) is 0 Å². The summed E-state index contributed by atoms with van der Waals surface area (Å²) >= 11 is 0. The van der Waals surface area contributed by atoms with E-state index < -0.39 is 0 Å². The molecule has 0 bridgehead atoms. The van der Waals surface area contributed by atoms with Crippen molar-refractivity contribution in [3.05, 3.63) is 29.8 Å². The summed E-state index contributed by atoms with van der Waals surface area (Å²) in [6.45, 7) is 8.04. The molecule has 2 nitrogen and oxygen atoms in total. The zero-order valence-corrected chi connectivity index (χ0v) is 9.87. The molecule has 2 heteroatoms. The van der Waals surface area contributed by atoms with Crippen molar-refractivity contribution in [2.75, 3.05) is 5.32 Å². The van der Waals surface area contributed by atoms with E-state index >= 15 is 0 Å². The van der Waals surface area contributed by atoms with Gasteiger partial charge in [0.15, 0.2) is 0 Å². The molecular formula is C13H19NO. The first-order valence-electron chi connectivity index (χ1n) is 5.42. The van der Waals surface area contributed by atoms with Crippen molar-refractivity contribution in [2.45, 2.75) is 33.6 Å². The predicted octanol–water partition coefficient (Wildman–Crippen LogP) is 3.40. The molecule has 0 radical (unpaired) electrons. The van der Waals surface area contributed by atoms with E-state index in [1.165, 1.54) is 5.56 Å². The summed E-state index contributed by atoms with van der Waals surface area (Å²) in [5.41, 5.74) is 2.12. The number of rotatable bonds is 3. The lowest BCUT2D eigenvalue weighted by Gasteiger charge is -2.14. The number of nitrogens with one attached hydrogen (secondary N) is 1. The van der Waals surface area contributed by atoms with E-state index in [0.717, 1.165) is 5.69 Å². The summed E-state index contributed by atoms with van der Waals surface area (Å²) in [5.74, 6) is 0.516.